The Kier molecular flexibility index (Phi) is 9.48. The Morgan fingerprint density at radius 2 is 1.13 bits per heavy atom. The third kappa shape index (κ3) is 6.66. The van der Waals surface area contributed by atoms with Gasteiger partial charge < -0.3 is 15.3 Å². The lowest BCUT2D eigenvalue weighted by Gasteiger charge is -2.19. The lowest BCUT2D eigenvalue weighted by molar-refractivity contribution is 0.829. The van der Waals surface area contributed by atoms with E-state index in [2.05, 4.69) is 211 Å². The van der Waals surface area contributed by atoms with Crippen molar-refractivity contribution in [2.45, 2.75) is 13.5 Å². The smallest absolute Gasteiger partial charge is 0.0522 e. The molecule has 1 aliphatic heterocycles. The molecule has 0 aliphatic carbocycles. The van der Waals surface area contributed by atoms with E-state index in [0.717, 1.165) is 50.3 Å². The molecule has 9 aromatic rings. The number of benzene rings is 8. The number of nitrogens with zero attached hydrogens (tertiary/aromatic N) is 1. The van der Waals surface area contributed by atoms with Gasteiger partial charge in [-0.1, -0.05) is 152 Å². The predicted molar refractivity (Wildman–Crippen MR) is 257 cm³/mol. The van der Waals surface area contributed by atoms with E-state index in [1.54, 1.807) is 0 Å². The number of hydrogen-bond acceptors (Lipinski definition) is 2. The van der Waals surface area contributed by atoms with Crippen molar-refractivity contribution in [2.24, 2.45) is 0 Å². The van der Waals surface area contributed by atoms with Gasteiger partial charge in [-0.2, -0.15) is 0 Å². The van der Waals surface area contributed by atoms with Crippen LogP contribution in [-0.4, -0.2) is 10.8 Å². The average molecular weight is 770 g/mol. The average Bonchev–Trinajstić information content (AvgIpc) is 3.37. The molecular weight excluding hydrogens is 727 g/mol. The lowest BCUT2D eigenvalue weighted by Crippen LogP contribution is -2.14. The SMILES string of the molecule is C=C(/C=C(\C=N)c1ccc2c(n(-c3ccccc3)c(C)cc1)C=CNC2)c1ccc2c(-c3ccc4ccccc4c3)c3ccccc3c(-c3ccc4ccccc4c3)c2c1. The quantitative estimate of drug-likeness (QED) is 0.0946. The number of nitrogens with one attached hydrogen (secondary N) is 2. The van der Waals surface area contributed by atoms with Crippen molar-refractivity contribution in [3.05, 3.63) is 229 Å². The molecule has 0 fully saturated rings. The topological polar surface area (TPSA) is 40.8 Å². The Morgan fingerprint density at radius 3 is 1.80 bits per heavy atom. The summed E-state index contributed by atoms with van der Waals surface area (Å²) in [6.07, 6.45) is 7.64. The van der Waals surface area contributed by atoms with E-state index in [1.807, 2.05) is 12.3 Å². The van der Waals surface area contributed by atoms with E-state index >= 15 is 0 Å². The maximum Gasteiger partial charge on any atom is 0.0522 e. The molecule has 286 valence electrons. The fourth-order valence-corrected chi connectivity index (χ4v) is 8.87. The minimum Gasteiger partial charge on any atom is -0.387 e. The Balaban J connectivity index is 1.16. The molecule has 3 heteroatoms. The number of rotatable bonds is 7. The van der Waals surface area contributed by atoms with E-state index < -0.39 is 0 Å². The molecule has 0 radical (unpaired) electrons. The summed E-state index contributed by atoms with van der Waals surface area (Å²) in [5.74, 6) is 0. The lowest BCUT2D eigenvalue weighted by atomic mass is 9.84. The molecule has 0 spiro atoms. The second-order valence-electron chi connectivity index (χ2n) is 15.5. The minimum absolute atomic E-state index is 0.703. The van der Waals surface area contributed by atoms with Crippen molar-refractivity contribution in [2.75, 3.05) is 0 Å². The summed E-state index contributed by atoms with van der Waals surface area (Å²) in [7, 11) is 0. The van der Waals surface area contributed by atoms with Crippen molar-refractivity contribution in [1.29, 1.82) is 5.41 Å². The van der Waals surface area contributed by atoms with Gasteiger partial charge >= 0.3 is 0 Å². The van der Waals surface area contributed by atoms with Gasteiger partial charge in [0, 0.05) is 24.1 Å². The molecule has 1 aliphatic rings. The van der Waals surface area contributed by atoms with Crippen LogP contribution in [0.5, 0.6) is 0 Å². The van der Waals surface area contributed by atoms with Gasteiger partial charge in [-0.25, -0.2) is 0 Å². The maximum atomic E-state index is 8.68. The second-order valence-corrected chi connectivity index (χ2v) is 15.5. The van der Waals surface area contributed by atoms with Crippen molar-refractivity contribution in [3.8, 4) is 27.9 Å². The first-order valence-corrected chi connectivity index (χ1v) is 20.5. The van der Waals surface area contributed by atoms with Gasteiger partial charge in [0.25, 0.3) is 0 Å². The second kappa shape index (κ2) is 15.5. The van der Waals surface area contributed by atoms with Gasteiger partial charge in [0.15, 0.2) is 0 Å². The summed E-state index contributed by atoms with van der Waals surface area (Å²) >= 11 is 0. The first-order chi connectivity index (χ1) is 29.5. The molecular formula is C57H43N3. The highest BCUT2D eigenvalue weighted by Gasteiger charge is 2.19. The number of fused-ring (bicyclic) bond motifs is 5. The molecule has 10 rings (SSSR count). The molecule has 0 unspecified atom stereocenters. The minimum atomic E-state index is 0.703. The Bertz CT molecular complexity index is 3310. The van der Waals surface area contributed by atoms with Crippen LogP contribution >= 0.6 is 0 Å². The van der Waals surface area contributed by atoms with E-state index in [0.29, 0.717) is 6.54 Å². The molecule has 1 aromatic heterocycles. The normalized spacial score (nSPS) is 12.3. The summed E-state index contributed by atoms with van der Waals surface area (Å²) in [4.78, 5) is 0. The van der Waals surface area contributed by atoms with Crippen LogP contribution < -0.4 is 5.32 Å². The van der Waals surface area contributed by atoms with Crippen LogP contribution in [0.25, 0.3) is 88.3 Å². The van der Waals surface area contributed by atoms with Gasteiger partial charge in [0.2, 0.25) is 0 Å². The first kappa shape index (κ1) is 36.6. The van der Waals surface area contributed by atoms with Gasteiger partial charge in [-0.15, -0.1) is 0 Å². The molecule has 8 aromatic carbocycles. The van der Waals surface area contributed by atoms with Crippen LogP contribution in [0, 0.1) is 12.3 Å². The van der Waals surface area contributed by atoms with Gasteiger partial charge in [0.05, 0.1) is 5.69 Å². The number of hydrogen-bond donors (Lipinski definition) is 2. The molecule has 0 bridgehead atoms. The number of allylic oxidation sites excluding steroid dienone is 3. The molecule has 0 saturated heterocycles. The number of para-hydroxylation sites is 1. The van der Waals surface area contributed by atoms with Crippen molar-refractivity contribution < 1.29 is 0 Å². The van der Waals surface area contributed by atoms with Crippen molar-refractivity contribution in [3.63, 3.8) is 0 Å². The van der Waals surface area contributed by atoms with E-state index in [4.69, 9.17) is 5.41 Å². The highest BCUT2D eigenvalue weighted by Crippen LogP contribution is 2.45. The van der Waals surface area contributed by atoms with E-state index in [9.17, 15) is 0 Å². The summed E-state index contributed by atoms with van der Waals surface area (Å²) in [6.45, 7) is 7.48. The Morgan fingerprint density at radius 1 is 0.567 bits per heavy atom. The summed E-state index contributed by atoms with van der Waals surface area (Å²) in [6, 6.07) is 65.4. The first-order valence-electron chi connectivity index (χ1n) is 20.5. The number of aromatic nitrogens is 1. The van der Waals surface area contributed by atoms with Crippen LogP contribution in [0.4, 0.5) is 0 Å². The van der Waals surface area contributed by atoms with Gasteiger partial charge in [0.1, 0.15) is 0 Å². The van der Waals surface area contributed by atoms with Crippen molar-refractivity contribution >= 4 is 66.5 Å². The molecule has 0 atom stereocenters. The summed E-state index contributed by atoms with van der Waals surface area (Å²) in [5, 5.41) is 21.7. The maximum absolute atomic E-state index is 8.68. The van der Waals surface area contributed by atoms with Crippen LogP contribution in [0.3, 0.4) is 0 Å². The third-order valence-electron chi connectivity index (χ3n) is 11.8. The van der Waals surface area contributed by atoms with E-state index in [-0.39, 0.29) is 0 Å². The zero-order valence-electron chi connectivity index (χ0n) is 33.5. The molecule has 2 N–H and O–H groups in total. The fraction of sp³-hybridized carbons (Fsp3) is 0.0351. The van der Waals surface area contributed by atoms with Crippen LogP contribution in [0.2, 0.25) is 0 Å². The largest absolute Gasteiger partial charge is 0.387 e. The zero-order valence-corrected chi connectivity index (χ0v) is 33.5. The molecule has 2 heterocycles. The fourth-order valence-electron chi connectivity index (χ4n) is 8.87. The monoisotopic (exact) mass is 769 g/mol. The molecule has 60 heavy (non-hydrogen) atoms. The third-order valence-corrected chi connectivity index (χ3v) is 11.8. The highest BCUT2D eigenvalue weighted by molar-refractivity contribution is 6.22. The number of aryl methyl sites for hydroxylation is 1. The molecule has 3 nitrogen and oxygen atoms in total. The zero-order chi connectivity index (χ0) is 40.6. The standard InChI is InChI=1S/C57H43N3/c1-38(32-49(36-58)42-21-20-39(2)60(50-16-4-3-5-17-50)55-30-31-59-37-48(55)27-24-42)43-28-29-53-54(35-43)57(47-26-23-41-13-7-9-15-45(41)34-47)52-19-11-10-18-51(52)56(53)46-25-22-40-12-6-8-14-44(40)33-46/h3-36,58-59H,1,37H2,2H3/b27-24?,39-20?,42-21?,49-32+,58-36?. The Labute approximate surface area is 350 Å². The predicted octanol–water partition coefficient (Wildman–Crippen LogP) is 14.7. The summed E-state index contributed by atoms with van der Waals surface area (Å²) in [5.41, 5.74) is 12.8. The van der Waals surface area contributed by atoms with E-state index in [1.165, 1.54) is 66.2 Å². The molecule has 0 amide bonds. The van der Waals surface area contributed by atoms with Gasteiger partial charge in [-0.05, 0) is 155 Å². The van der Waals surface area contributed by atoms with Crippen LogP contribution in [0.1, 0.15) is 28.1 Å². The van der Waals surface area contributed by atoms with Crippen LogP contribution in [-0.2, 0) is 6.54 Å². The van der Waals surface area contributed by atoms with Crippen molar-refractivity contribution in [1.82, 2.24) is 9.88 Å². The van der Waals surface area contributed by atoms with Crippen LogP contribution in [0.15, 0.2) is 201 Å². The van der Waals surface area contributed by atoms with Gasteiger partial charge in [-0.3, -0.25) is 0 Å². The Hall–Kier alpha value is -7.75. The summed E-state index contributed by atoms with van der Waals surface area (Å²) < 4.78 is 2.29. The highest BCUT2D eigenvalue weighted by atomic mass is 15.0. The molecule has 0 saturated carbocycles.